The molecule has 100 valence electrons. The Bertz CT molecular complexity index is 397. The van der Waals surface area contributed by atoms with Crippen LogP contribution in [0.4, 0.5) is 4.79 Å². The van der Waals surface area contributed by atoms with E-state index >= 15 is 0 Å². The van der Waals surface area contributed by atoms with Gasteiger partial charge in [0, 0.05) is 25.8 Å². The molecular weight excluding hydrogens is 258 g/mol. The van der Waals surface area contributed by atoms with Crippen molar-refractivity contribution in [2.75, 3.05) is 13.6 Å². The van der Waals surface area contributed by atoms with E-state index in [1.807, 2.05) is 6.92 Å². The second-order valence-electron chi connectivity index (χ2n) is 3.61. The molecule has 1 aliphatic rings. The Kier molecular flexibility index (Phi) is 5.14. The minimum Gasteiger partial charge on any atom is -0.323 e. The van der Waals surface area contributed by atoms with Gasteiger partial charge in [-0.1, -0.05) is 23.8 Å². The first kappa shape index (κ1) is 14.5. The maximum atomic E-state index is 11.9. The van der Waals surface area contributed by atoms with Crippen molar-refractivity contribution in [2.45, 2.75) is 25.5 Å². The highest BCUT2D eigenvalue weighted by Gasteiger charge is 2.34. The van der Waals surface area contributed by atoms with Crippen molar-refractivity contribution in [3.8, 4) is 0 Å². The number of nitrogens with zero attached hydrogens (tertiary/aromatic N) is 2. The normalized spacial score (nSPS) is 21.9. The van der Waals surface area contributed by atoms with Gasteiger partial charge in [-0.05, 0) is 6.42 Å². The van der Waals surface area contributed by atoms with Gasteiger partial charge in [-0.15, -0.1) is 0 Å². The van der Waals surface area contributed by atoms with Crippen molar-refractivity contribution in [3.63, 3.8) is 0 Å². The maximum Gasteiger partial charge on any atom is 0.433 e. The predicted octanol–water partition coefficient (Wildman–Crippen LogP) is 0.556. The van der Waals surface area contributed by atoms with E-state index in [1.165, 1.54) is 25.7 Å². The summed E-state index contributed by atoms with van der Waals surface area (Å²) in [6, 6.07) is 0. The van der Waals surface area contributed by atoms with E-state index in [1.54, 1.807) is 0 Å². The van der Waals surface area contributed by atoms with Crippen LogP contribution in [0.15, 0.2) is 5.16 Å². The van der Waals surface area contributed by atoms with Crippen molar-refractivity contribution in [2.24, 2.45) is 5.16 Å². The Labute approximate surface area is 109 Å². The lowest BCUT2D eigenvalue weighted by Gasteiger charge is -2.29. The Morgan fingerprint density at radius 2 is 2.28 bits per heavy atom. The van der Waals surface area contributed by atoms with Crippen LogP contribution in [0.25, 0.3) is 0 Å². The van der Waals surface area contributed by atoms with Crippen molar-refractivity contribution in [1.29, 1.82) is 0 Å². The molecule has 1 N–H and O–H groups in total. The Hall–Kier alpha value is -1.57. The number of oxime groups is 1. The van der Waals surface area contributed by atoms with E-state index in [0.29, 0.717) is 6.54 Å². The van der Waals surface area contributed by atoms with Crippen LogP contribution in [-0.4, -0.2) is 46.7 Å². The van der Waals surface area contributed by atoms with E-state index in [9.17, 15) is 14.4 Å². The van der Waals surface area contributed by atoms with Crippen molar-refractivity contribution in [1.82, 2.24) is 10.2 Å². The van der Waals surface area contributed by atoms with Crippen LogP contribution in [0.5, 0.6) is 0 Å². The number of carbonyl (C=O) groups is 3. The quantitative estimate of drug-likeness (QED) is 0.586. The van der Waals surface area contributed by atoms with E-state index in [4.69, 9.17) is 0 Å². The average molecular weight is 273 g/mol. The molecular formula is C10H15N3O4S. The molecule has 0 aromatic rings. The van der Waals surface area contributed by atoms with Gasteiger partial charge in [0.25, 0.3) is 5.91 Å². The molecule has 1 unspecified atom stereocenters. The maximum absolute atomic E-state index is 11.9. The molecule has 0 aromatic heterocycles. The minimum absolute atomic E-state index is 0.0203. The number of hydrogen-bond donors (Lipinski definition) is 1. The molecule has 1 rings (SSSR count). The van der Waals surface area contributed by atoms with Gasteiger partial charge in [0.05, 0.1) is 0 Å². The molecule has 8 heteroatoms. The Morgan fingerprint density at radius 3 is 2.78 bits per heavy atom. The van der Waals surface area contributed by atoms with Gasteiger partial charge < -0.3 is 5.32 Å². The summed E-state index contributed by atoms with van der Waals surface area (Å²) in [7, 11) is 1.38. The van der Waals surface area contributed by atoms with Gasteiger partial charge >= 0.3 is 6.09 Å². The zero-order valence-electron chi connectivity index (χ0n) is 10.4. The summed E-state index contributed by atoms with van der Waals surface area (Å²) in [6.07, 6.45) is 0.0182. The van der Waals surface area contributed by atoms with Gasteiger partial charge in [0.2, 0.25) is 11.0 Å². The first-order chi connectivity index (χ1) is 8.49. The van der Waals surface area contributed by atoms with Crippen LogP contribution >= 0.6 is 11.8 Å². The van der Waals surface area contributed by atoms with E-state index in [2.05, 4.69) is 15.3 Å². The number of imide groups is 1. The lowest BCUT2D eigenvalue weighted by molar-refractivity contribution is -0.139. The lowest BCUT2D eigenvalue weighted by Crippen LogP contribution is -2.47. The first-order valence-electron chi connectivity index (χ1n) is 5.45. The van der Waals surface area contributed by atoms with Crippen molar-refractivity contribution < 1.29 is 19.2 Å². The minimum atomic E-state index is -0.760. The van der Waals surface area contributed by atoms with Crippen LogP contribution in [0.1, 0.15) is 20.3 Å². The molecule has 18 heavy (non-hydrogen) atoms. The predicted molar refractivity (Wildman–Crippen MR) is 67.0 cm³/mol. The topological polar surface area (TPSA) is 88.1 Å². The van der Waals surface area contributed by atoms with Gasteiger partial charge in [-0.3, -0.25) is 19.3 Å². The standard InChI is InChI=1S/C10H15N3O4S/c1-4-7-5-13(6(2)14)9(15)8(18-7)12-17-10(16)11-3/h7H,4-5H2,1-3H3,(H,11,16). The molecule has 1 atom stereocenters. The average Bonchev–Trinajstić information content (AvgIpc) is 2.36. The molecule has 1 heterocycles. The summed E-state index contributed by atoms with van der Waals surface area (Å²) in [5, 5.41) is 5.79. The summed E-state index contributed by atoms with van der Waals surface area (Å²) < 4.78 is 0. The van der Waals surface area contributed by atoms with Crippen molar-refractivity contribution >= 4 is 34.7 Å². The smallest absolute Gasteiger partial charge is 0.323 e. The summed E-state index contributed by atoms with van der Waals surface area (Å²) >= 11 is 1.21. The molecule has 1 fully saturated rings. The SMILES string of the molecule is CCC1CN(C(C)=O)C(=O)C(=NOC(=O)NC)S1. The van der Waals surface area contributed by atoms with Crippen molar-refractivity contribution in [3.05, 3.63) is 0 Å². The fraction of sp³-hybridized carbons (Fsp3) is 0.600. The zero-order chi connectivity index (χ0) is 13.7. The first-order valence-corrected chi connectivity index (χ1v) is 6.33. The Morgan fingerprint density at radius 1 is 1.61 bits per heavy atom. The third-order valence-electron chi connectivity index (χ3n) is 2.34. The molecule has 0 saturated carbocycles. The van der Waals surface area contributed by atoms with Crippen LogP contribution in [0, 0.1) is 0 Å². The summed E-state index contributed by atoms with van der Waals surface area (Å²) in [5.41, 5.74) is 0. The second kappa shape index (κ2) is 6.39. The number of hydrogen-bond acceptors (Lipinski definition) is 6. The monoisotopic (exact) mass is 273 g/mol. The summed E-state index contributed by atoms with van der Waals surface area (Å²) in [5.74, 6) is -0.868. The van der Waals surface area contributed by atoms with Gasteiger partial charge in [-0.2, -0.15) is 0 Å². The molecule has 0 aromatic carbocycles. The fourth-order valence-corrected chi connectivity index (χ4v) is 2.32. The van der Waals surface area contributed by atoms with E-state index < -0.39 is 12.0 Å². The molecule has 0 aliphatic carbocycles. The molecule has 1 saturated heterocycles. The largest absolute Gasteiger partial charge is 0.433 e. The Balaban J connectivity index is 2.85. The van der Waals surface area contributed by atoms with Gasteiger partial charge in [-0.25, -0.2) is 4.79 Å². The highest BCUT2D eigenvalue weighted by Crippen LogP contribution is 2.24. The molecule has 7 nitrogen and oxygen atoms in total. The molecule has 0 bridgehead atoms. The highest BCUT2D eigenvalue weighted by molar-refractivity contribution is 8.16. The number of thioether (sulfide) groups is 1. The summed E-state index contributed by atoms with van der Waals surface area (Å²) in [6.45, 7) is 3.62. The van der Waals surface area contributed by atoms with Crippen LogP contribution in [0.2, 0.25) is 0 Å². The van der Waals surface area contributed by atoms with E-state index in [0.717, 1.165) is 11.3 Å². The number of rotatable bonds is 2. The number of carbonyl (C=O) groups excluding carboxylic acids is 3. The van der Waals surface area contributed by atoms with Gasteiger partial charge in [0.15, 0.2) is 0 Å². The summed E-state index contributed by atoms with van der Waals surface area (Å²) in [4.78, 5) is 39.7. The van der Waals surface area contributed by atoms with Gasteiger partial charge in [0.1, 0.15) is 0 Å². The number of amides is 3. The van der Waals surface area contributed by atoms with Crippen LogP contribution < -0.4 is 5.32 Å². The molecule has 0 radical (unpaired) electrons. The molecule has 1 aliphatic heterocycles. The second-order valence-corrected chi connectivity index (χ2v) is 4.90. The zero-order valence-corrected chi connectivity index (χ0v) is 11.2. The van der Waals surface area contributed by atoms with E-state index in [-0.39, 0.29) is 16.2 Å². The fourth-order valence-electron chi connectivity index (χ4n) is 1.32. The third-order valence-corrected chi connectivity index (χ3v) is 3.63. The number of nitrogens with one attached hydrogen (secondary N) is 1. The highest BCUT2D eigenvalue weighted by atomic mass is 32.2. The molecule has 0 spiro atoms. The van der Waals surface area contributed by atoms with Crippen LogP contribution in [0.3, 0.4) is 0 Å². The third kappa shape index (κ3) is 3.46. The van der Waals surface area contributed by atoms with Crippen LogP contribution in [-0.2, 0) is 14.4 Å². The lowest BCUT2D eigenvalue weighted by atomic mass is 10.3. The molecule has 3 amide bonds.